The van der Waals surface area contributed by atoms with Crippen LogP contribution in [-0.2, 0) is 4.74 Å². The van der Waals surface area contributed by atoms with Crippen molar-refractivity contribution >= 4 is 0 Å². The number of ether oxygens (including phenoxy) is 3. The molecule has 0 bridgehead atoms. The van der Waals surface area contributed by atoms with Crippen LogP contribution < -0.4 is 9.47 Å². The molecule has 1 aromatic rings. The van der Waals surface area contributed by atoms with Gasteiger partial charge in [0, 0.05) is 0 Å². The summed E-state index contributed by atoms with van der Waals surface area (Å²) in [4.78, 5) is 0. The average molecular weight is 294 g/mol. The highest BCUT2D eigenvalue weighted by atomic mass is 16.5. The quantitative estimate of drug-likeness (QED) is 0.874. The minimum atomic E-state index is -0.640. The molecule has 1 aromatic carbocycles. The van der Waals surface area contributed by atoms with E-state index < -0.39 is 6.10 Å². The lowest BCUT2D eigenvalue weighted by Gasteiger charge is -2.29. The zero-order valence-electron chi connectivity index (χ0n) is 13.2. The van der Waals surface area contributed by atoms with Gasteiger partial charge in [-0.1, -0.05) is 25.8 Å². The lowest BCUT2D eigenvalue weighted by atomic mass is 9.88. The first-order chi connectivity index (χ1) is 10.2. The normalized spacial score (nSPS) is 23.6. The minimum absolute atomic E-state index is 0.272. The van der Waals surface area contributed by atoms with Crippen LogP contribution in [0, 0.1) is 5.92 Å². The van der Waals surface area contributed by atoms with Gasteiger partial charge in [-0.15, -0.1) is 0 Å². The summed E-state index contributed by atoms with van der Waals surface area (Å²) in [6, 6.07) is 5.46. The molecule has 0 amide bonds. The Balaban J connectivity index is 1.95. The van der Waals surface area contributed by atoms with Crippen LogP contribution in [0.25, 0.3) is 0 Å². The SMILES string of the molecule is COc1ccc(C(O)COC2CCCCC2C)cc1OC. The van der Waals surface area contributed by atoms with Crippen LogP contribution in [0.2, 0.25) is 0 Å². The van der Waals surface area contributed by atoms with Gasteiger partial charge in [-0.25, -0.2) is 0 Å². The first-order valence-corrected chi connectivity index (χ1v) is 7.67. The Morgan fingerprint density at radius 1 is 1.14 bits per heavy atom. The molecule has 21 heavy (non-hydrogen) atoms. The number of aliphatic hydroxyl groups excluding tert-OH is 1. The molecular formula is C17H26O4. The zero-order valence-corrected chi connectivity index (χ0v) is 13.2. The highest BCUT2D eigenvalue weighted by Crippen LogP contribution is 2.31. The Morgan fingerprint density at radius 2 is 1.86 bits per heavy atom. The van der Waals surface area contributed by atoms with Crippen molar-refractivity contribution in [2.75, 3.05) is 20.8 Å². The van der Waals surface area contributed by atoms with Crippen LogP contribution in [0.15, 0.2) is 18.2 Å². The van der Waals surface area contributed by atoms with Gasteiger partial charge in [-0.3, -0.25) is 0 Å². The molecule has 4 heteroatoms. The topological polar surface area (TPSA) is 47.9 Å². The third kappa shape index (κ3) is 4.11. The highest BCUT2D eigenvalue weighted by molar-refractivity contribution is 5.43. The molecule has 118 valence electrons. The number of hydrogen-bond acceptors (Lipinski definition) is 4. The third-order valence-corrected chi connectivity index (χ3v) is 4.29. The second-order valence-corrected chi connectivity index (χ2v) is 5.76. The summed E-state index contributed by atoms with van der Waals surface area (Å²) in [6.07, 6.45) is 4.46. The molecule has 0 saturated heterocycles. The summed E-state index contributed by atoms with van der Waals surface area (Å²) in [5, 5.41) is 10.3. The van der Waals surface area contributed by atoms with E-state index in [9.17, 15) is 5.11 Å². The summed E-state index contributed by atoms with van der Waals surface area (Å²) in [5.41, 5.74) is 0.788. The van der Waals surface area contributed by atoms with Crippen molar-refractivity contribution in [3.05, 3.63) is 23.8 Å². The van der Waals surface area contributed by atoms with E-state index in [0.29, 0.717) is 24.0 Å². The predicted molar refractivity (Wildman–Crippen MR) is 81.9 cm³/mol. The molecule has 1 aliphatic rings. The Kier molecular flexibility index (Phi) is 5.88. The molecule has 1 saturated carbocycles. The van der Waals surface area contributed by atoms with Gasteiger partial charge >= 0.3 is 0 Å². The van der Waals surface area contributed by atoms with Gasteiger partial charge in [-0.05, 0) is 36.5 Å². The first kappa shape index (κ1) is 16.1. The van der Waals surface area contributed by atoms with E-state index in [0.717, 1.165) is 12.0 Å². The largest absolute Gasteiger partial charge is 0.493 e. The summed E-state index contributed by atoms with van der Waals surface area (Å²) in [6.45, 7) is 2.55. The molecule has 1 aliphatic carbocycles. The fourth-order valence-corrected chi connectivity index (χ4v) is 2.90. The molecule has 4 nitrogen and oxygen atoms in total. The second kappa shape index (κ2) is 7.66. The highest BCUT2D eigenvalue weighted by Gasteiger charge is 2.23. The summed E-state index contributed by atoms with van der Waals surface area (Å²) in [5.74, 6) is 1.87. The van der Waals surface area contributed by atoms with Crippen LogP contribution in [-0.4, -0.2) is 32.0 Å². The molecule has 3 atom stereocenters. The van der Waals surface area contributed by atoms with E-state index in [-0.39, 0.29) is 6.10 Å². The van der Waals surface area contributed by atoms with Crippen molar-refractivity contribution in [1.29, 1.82) is 0 Å². The lowest BCUT2D eigenvalue weighted by molar-refractivity contribution is -0.0468. The smallest absolute Gasteiger partial charge is 0.161 e. The van der Waals surface area contributed by atoms with E-state index >= 15 is 0 Å². The Bertz CT molecular complexity index is 446. The Morgan fingerprint density at radius 3 is 2.52 bits per heavy atom. The molecule has 0 radical (unpaired) electrons. The monoisotopic (exact) mass is 294 g/mol. The van der Waals surface area contributed by atoms with Crippen LogP contribution in [0.4, 0.5) is 0 Å². The Hall–Kier alpha value is -1.26. The van der Waals surface area contributed by atoms with Crippen molar-refractivity contribution < 1.29 is 19.3 Å². The van der Waals surface area contributed by atoms with Crippen LogP contribution in [0.5, 0.6) is 11.5 Å². The second-order valence-electron chi connectivity index (χ2n) is 5.76. The summed E-state index contributed by atoms with van der Waals surface area (Å²) in [7, 11) is 3.19. The fraction of sp³-hybridized carbons (Fsp3) is 0.647. The van der Waals surface area contributed by atoms with Gasteiger partial charge in [0.15, 0.2) is 11.5 Å². The van der Waals surface area contributed by atoms with Crippen molar-refractivity contribution in [1.82, 2.24) is 0 Å². The van der Waals surface area contributed by atoms with E-state index in [1.807, 2.05) is 6.07 Å². The minimum Gasteiger partial charge on any atom is -0.493 e. The number of rotatable bonds is 6. The van der Waals surface area contributed by atoms with Crippen molar-refractivity contribution in [3.63, 3.8) is 0 Å². The van der Waals surface area contributed by atoms with Crippen molar-refractivity contribution in [2.24, 2.45) is 5.92 Å². The standard InChI is InChI=1S/C17H26O4/c1-12-6-4-5-7-15(12)21-11-14(18)13-8-9-16(19-2)17(10-13)20-3/h8-10,12,14-15,18H,4-7,11H2,1-3H3. The molecule has 0 spiro atoms. The molecule has 0 aliphatic heterocycles. The van der Waals surface area contributed by atoms with Crippen molar-refractivity contribution in [3.8, 4) is 11.5 Å². The number of benzene rings is 1. The van der Waals surface area contributed by atoms with Crippen LogP contribution in [0.1, 0.15) is 44.3 Å². The summed E-state index contributed by atoms with van der Waals surface area (Å²) >= 11 is 0. The van der Waals surface area contributed by atoms with Gasteiger partial charge < -0.3 is 19.3 Å². The van der Waals surface area contributed by atoms with Crippen LogP contribution in [0.3, 0.4) is 0 Å². The van der Waals surface area contributed by atoms with E-state index in [2.05, 4.69) is 6.92 Å². The molecule has 0 aromatic heterocycles. The maximum atomic E-state index is 10.3. The van der Waals surface area contributed by atoms with E-state index in [4.69, 9.17) is 14.2 Å². The summed E-state index contributed by atoms with van der Waals surface area (Å²) < 4.78 is 16.4. The molecule has 0 heterocycles. The number of aliphatic hydroxyl groups is 1. The molecule has 3 unspecified atom stereocenters. The van der Waals surface area contributed by atoms with Gasteiger partial charge in [0.2, 0.25) is 0 Å². The molecule has 1 N–H and O–H groups in total. The first-order valence-electron chi connectivity index (χ1n) is 7.67. The number of hydrogen-bond donors (Lipinski definition) is 1. The van der Waals surface area contributed by atoms with E-state index in [1.165, 1.54) is 19.3 Å². The maximum absolute atomic E-state index is 10.3. The average Bonchev–Trinajstić information content (AvgIpc) is 2.53. The van der Waals surface area contributed by atoms with Gasteiger partial charge in [0.1, 0.15) is 6.10 Å². The predicted octanol–water partition coefficient (Wildman–Crippen LogP) is 3.33. The van der Waals surface area contributed by atoms with Crippen LogP contribution >= 0.6 is 0 Å². The Labute approximate surface area is 127 Å². The molecule has 1 fully saturated rings. The lowest BCUT2D eigenvalue weighted by Crippen LogP contribution is -2.27. The number of methoxy groups -OCH3 is 2. The van der Waals surface area contributed by atoms with Gasteiger partial charge in [0.25, 0.3) is 0 Å². The van der Waals surface area contributed by atoms with Gasteiger partial charge in [0.05, 0.1) is 26.9 Å². The molecular weight excluding hydrogens is 268 g/mol. The fourth-order valence-electron chi connectivity index (χ4n) is 2.90. The van der Waals surface area contributed by atoms with Crippen molar-refractivity contribution in [2.45, 2.75) is 44.8 Å². The van der Waals surface area contributed by atoms with E-state index in [1.54, 1.807) is 26.4 Å². The maximum Gasteiger partial charge on any atom is 0.161 e. The molecule has 2 rings (SSSR count). The third-order valence-electron chi connectivity index (χ3n) is 4.29. The zero-order chi connectivity index (χ0) is 15.2. The van der Waals surface area contributed by atoms with Gasteiger partial charge in [-0.2, -0.15) is 0 Å².